The highest BCUT2D eigenvalue weighted by molar-refractivity contribution is 7.99. The van der Waals surface area contributed by atoms with E-state index in [1.165, 1.54) is 23.1 Å². The summed E-state index contributed by atoms with van der Waals surface area (Å²) in [6.07, 6.45) is 0. The van der Waals surface area contributed by atoms with Crippen LogP contribution in [0, 0.1) is 0 Å². The van der Waals surface area contributed by atoms with Crippen molar-refractivity contribution in [3.05, 3.63) is 84.2 Å². The average molecular weight is 500 g/mol. The van der Waals surface area contributed by atoms with E-state index >= 15 is 0 Å². The third-order valence-corrected chi connectivity index (χ3v) is 8.04. The highest BCUT2D eigenvalue weighted by Gasteiger charge is 2.15. The number of anilines is 1. The van der Waals surface area contributed by atoms with Gasteiger partial charge in [-0.1, -0.05) is 66.4 Å². The van der Waals surface area contributed by atoms with Gasteiger partial charge < -0.3 is 5.32 Å². The molecule has 6 aromatic rings. The van der Waals surface area contributed by atoms with Crippen LogP contribution in [0.2, 0.25) is 0 Å². The van der Waals surface area contributed by atoms with Crippen LogP contribution in [-0.2, 0) is 4.79 Å². The molecule has 0 radical (unpaired) electrons. The zero-order valence-corrected chi connectivity index (χ0v) is 20.2. The molecule has 0 unspecified atom stereocenters. The Kier molecular flexibility index (Phi) is 5.58. The van der Waals surface area contributed by atoms with Gasteiger partial charge in [-0.15, -0.1) is 32.9 Å². The fourth-order valence-corrected chi connectivity index (χ4v) is 6.25. The van der Waals surface area contributed by atoms with Crippen molar-refractivity contribution in [3.8, 4) is 21.8 Å². The molecule has 0 aliphatic rings. The lowest BCUT2D eigenvalue weighted by molar-refractivity contribution is -0.113. The number of nitrogens with zero attached hydrogens (tertiary/aromatic N) is 4. The molecule has 1 amide bonds. The van der Waals surface area contributed by atoms with Crippen molar-refractivity contribution in [2.75, 3.05) is 11.1 Å². The van der Waals surface area contributed by atoms with E-state index in [4.69, 9.17) is 4.98 Å². The summed E-state index contributed by atoms with van der Waals surface area (Å²) in [6.45, 7) is 0. The van der Waals surface area contributed by atoms with Crippen molar-refractivity contribution in [3.63, 3.8) is 0 Å². The molecule has 0 aliphatic heterocycles. The second-order valence-electron chi connectivity index (χ2n) is 7.49. The molecular formula is C25H17N5OS3. The lowest BCUT2D eigenvalue weighted by Gasteiger charge is -2.06. The summed E-state index contributed by atoms with van der Waals surface area (Å²) >= 11 is 4.56. The number of hydrogen-bond donors (Lipinski definition) is 1. The number of benzene rings is 3. The van der Waals surface area contributed by atoms with Crippen molar-refractivity contribution in [2.24, 2.45) is 0 Å². The van der Waals surface area contributed by atoms with E-state index in [0.29, 0.717) is 5.16 Å². The second-order valence-corrected chi connectivity index (χ2v) is 10.3. The highest BCUT2D eigenvalue weighted by Crippen LogP contribution is 2.32. The number of para-hydroxylation sites is 1. The summed E-state index contributed by atoms with van der Waals surface area (Å²) in [4.78, 5) is 18.3. The molecule has 34 heavy (non-hydrogen) atoms. The number of carbonyl (C=O) groups is 1. The molecule has 3 aromatic heterocycles. The normalized spacial score (nSPS) is 11.3. The third-order valence-electron chi connectivity index (χ3n) is 5.21. The van der Waals surface area contributed by atoms with Gasteiger partial charge in [-0.3, -0.25) is 9.20 Å². The van der Waals surface area contributed by atoms with Gasteiger partial charge >= 0.3 is 0 Å². The Morgan fingerprint density at radius 1 is 0.941 bits per heavy atom. The predicted octanol–water partition coefficient (Wildman–Crippen LogP) is 6.47. The highest BCUT2D eigenvalue weighted by atomic mass is 32.2. The smallest absolute Gasteiger partial charge is 0.234 e. The minimum Gasteiger partial charge on any atom is -0.325 e. The number of nitrogens with one attached hydrogen (secondary N) is 1. The molecule has 3 heterocycles. The molecule has 166 valence electrons. The molecule has 6 nitrogen and oxygen atoms in total. The number of aromatic nitrogens is 4. The zero-order valence-electron chi connectivity index (χ0n) is 17.7. The lowest BCUT2D eigenvalue weighted by Crippen LogP contribution is -2.14. The lowest BCUT2D eigenvalue weighted by atomic mass is 10.2. The summed E-state index contributed by atoms with van der Waals surface area (Å²) < 4.78 is 3.15. The van der Waals surface area contributed by atoms with Crippen molar-refractivity contribution >= 4 is 61.2 Å². The molecule has 1 N–H and O–H groups in total. The first-order valence-electron chi connectivity index (χ1n) is 10.5. The van der Waals surface area contributed by atoms with E-state index in [1.807, 2.05) is 65.1 Å². The Morgan fingerprint density at radius 2 is 1.76 bits per heavy atom. The fourth-order valence-electron chi connectivity index (χ4n) is 3.65. The number of thioether (sulfide) groups is 1. The molecule has 0 fully saturated rings. The number of carbonyl (C=O) groups excluding carboxylic acids is 1. The molecule has 0 atom stereocenters. The van der Waals surface area contributed by atoms with E-state index in [0.717, 1.165) is 42.7 Å². The largest absolute Gasteiger partial charge is 0.325 e. The van der Waals surface area contributed by atoms with Gasteiger partial charge in [0, 0.05) is 16.6 Å². The van der Waals surface area contributed by atoms with E-state index in [2.05, 4.69) is 39.1 Å². The minimum absolute atomic E-state index is 0.0975. The Hall–Kier alpha value is -3.53. The minimum atomic E-state index is -0.0975. The van der Waals surface area contributed by atoms with Gasteiger partial charge in [0.05, 0.1) is 21.7 Å². The van der Waals surface area contributed by atoms with Crippen LogP contribution in [-0.4, -0.2) is 31.2 Å². The number of rotatable bonds is 6. The maximum atomic E-state index is 12.7. The van der Waals surface area contributed by atoms with Crippen LogP contribution in [0.4, 0.5) is 5.69 Å². The molecule has 0 saturated carbocycles. The predicted molar refractivity (Wildman–Crippen MR) is 141 cm³/mol. The summed E-state index contributed by atoms with van der Waals surface area (Å²) in [5, 5.41) is 15.3. The van der Waals surface area contributed by atoms with Gasteiger partial charge in [0.25, 0.3) is 0 Å². The van der Waals surface area contributed by atoms with Crippen LogP contribution in [0.3, 0.4) is 0 Å². The molecule has 9 heteroatoms. The van der Waals surface area contributed by atoms with Crippen LogP contribution in [0.25, 0.3) is 37.0 Å². The average Bonchev–Trinajstić information content (AvgIpc) is 3.59. The van der Waals surface area contributed by atoms with Gasteiger partial charge in [-0.25, -0.2) is 4.98 Å². The van der Waals surface area contributed by atoms with Gasteiger partial charge in [-0.05, 0) is 29.8 Å². The quantitative estimate of drug-likeness (QED) is 0.266. The van der Waals surface area contributed by atoms with Crippen molar-refractivity contribution in [1.82, 2.24) is 19.6 Å². The van der Waals surface area contributed by atoms with Crippen molar-refractivity contribution < 1.29 is 4.79 Å². The first-order chi connectivity index (χ1) is 16.7. The molecule has 0 aliphatic carbocycles. The maximum absolute atomic E-state index is 12.7. The standard InChI is InChI=1S/C25H17N5OS3/c31-22(15-33-25-29-28-24-30(25)20(14-32-24)16-7-2-1-3-8-16)26-18-10-6-9-17(13-18)23-27-19-11-4-5-12-21(19)34-23/h1-14H,15H2,(H,26,31). The molecular weight excluding hydrogens is 483 g/mol. The molecule has 6 rings (SSSR count). The molecule has 3 aromatic carbocycles. The molecule has 0 bridgehead atoms. The fraction of sp³-hybridized carbons (Fsp3) is 0.0400. The van der Waals surface area contributed by atoms with E-state index < -0.39 is 0 Å². The number of thiazole rings is 2. The van der Waals surface area contributed by atoms with Gasteiger partial charge in [-0.2, -0.15) is 0 Å². The summed E-state index contributed by atoms with van der Waals surface area (Å²) in [7, 11) is 0. The summed E-state index contributed by atoms with van der Waals surface area (Å²) in [5.41, 5.74) is 4.82. The van der Waals surface area contributed by atoms with Crippen LogP contribution < -0.4 is 5.32 Å². The van der Waals surface area contributed by atoms with E-state index in [9.17, 15) is 4.79 Å². The number of fused-ring (bicyclic) bond motifs is 2. The maximum Gasteiger partial charge on any atom is 0.234 e. The van der Waals surface area contributed by atoms with Crippen LogP contribution >= 0.6 is 34.4 Å². The van der Waals surface area contributed by atoms with Crippen LogP contribution in [0.15, 0.2) is 89.4 Å². The van der Waals surface area contributed by atoms with Crippen LogP contribution in [0.5, 0.6) is 0 Å². The molecule has 0 spiro atoms. The van der Waals surface area contributed by atoms with Crippen molar-refractivity contribution in [2.45, 2.75) is 5.16 Å². The van der Waals surface area contributed by atoms with Crippen molar-refractivity contribution in [1.29, 1.82) is 0 Å². The first-order valence-corrected chi connectivity index (χ1v) is 13.2. The van der Waals surface area contributed by atoms with Gasteiger partial charge in [0.2, 0.25) is 10.9 Å². The van der Waals surface area contributed by atoms with E-state index in [1.54, 1.807) is 11.3 Å². The van der Waals surface area contributed by atoms with Gasteiger partial charge in [0.1, 0.15) is 5.01 Å². The Balaban J connectivity index is 1.17. The summed E-state index contributed by atoms with van der Waals surface area (Å²) in [5.74, 6) is 0.135. The van der Waals surface area contributed by atoms with Crippen LogP contribution in [0.1, 0.15) is 0 Å². The third kappa shape index (κ3) is 4.09. The SMILES string of the molecule is O=C(CSc1nnc2scc(-c3ccccc3)n12)Nc1cccc(-c2nc3ccccc3s2)c1. The number of amides is 1. The Labute approximate surface area is 207 Å². The monoisotopic (exact) mass is 499 g/mol. The Morgan fingerprint density at radius 3 is 2.65 bits per heavy atom. The van der Waals surface area contributed by atoms with Gasteiger partial charge in [0.15, 0.2) is 5.16 Å². The number of hydrogen-bond acceptors (Lipinski definition) is 7. The topological polar surface area (TPSA) is 72.2 Å². The zero-order chi connectivity index (χ0) is 22.9. The van der Waals surface area contributed by atoms with E-state index in [-0.39, 0.29) is 11.7 Å². The Bertz CT molecular complexity index is 1590. The first kappa shape index (κ1) is 21.0. The summed E-state index contributed by atoms with van der Waals surface area (Å²) in [6, 6.07) is 26.0. The molecule has 0 saturated heterocycles. The second kappa shape index (κ2) is 9.02.